The molecule has 1 aliphatic heterocycles. The van der Waals surface area contributed by atoms with E-state index in [2.05, 4.69) is 5.10 Å². The first kappa shape index (κ1) is 13.2. The van der Waals surface area contributed by atoms with Crippen molar-refractivity contribution >= 4 is 11.6 Å². The molecule has 1 aromatic carbocycles. The van der Waals surface area contributed by atoms with Gasteiger partial charge in [0.05, 0.1) is 13.2 Å². The van der Waals surface area contributed by atoms with Crippen molar-refractivity contribution in [2.75, 3.05) is 6.61 Å². The molecule has 1 aliphatic rings. The second-order valence-corrected chi connectivity index (χ2v) is 5.34. The highest BCUT2D eigenvalue weighted by molar-refractivity contribution is 6.30. The molecule has 0 N–H and O–H groups in total. The van der Waals surface area contributed by atoms with Gasteiger partial charge in [0.2, 0.25) is 0 Å². The minimum atomic E-state index is -0.503. The van der Waals surface area contributed by atoms with Crippen molar-refractivity contribution in [3.8, 4) is 5.75 Å². The van der Waals surface area contributed by atoms with Crippen LogP contribution < -0.4 is 10.5 Å². The molecule has 1 fully saturated rings. The average molecular weight is 297 g/mol. The molecule has 0 bridgehead atoms. The molecule has 6 nitrogen and oxygen atoms in total. The predicted molar refractivity (Wildman–Crippen MR) is 70.9 cm³/mol. The Morgan fingerprint density at radius 3 is 2.80 bits per heavy atom. The summed E-state index contributed by atoms with van der Waals surface area (Å²) in [5, 5.41) is 4.70. The summed E-state index contributed by atoms with van der Waals surface area (Å²) in [5.41, 5.74) is -0.297. The third-order valence-electron chi connectivity index (χ3n) is 2.95. The fourth-order valence-corrected chi connectivity index (χ4v) is 1.84. The summed E-state index contributed by atoms with van der Waals surface area (Å²) in [6.45, 7) is 3.01. The van der Waals surface area contributed by atoms with Gasteiger partial charge in [-0.2, -0.15) is 4.68 Å². The Labute approximate surface area is 119 Å². The third-order valence-corrected chi connectivity index (χ3v) is 3.20. The molecule has 20 heavy (non-hydrogen) atoms. The number of epoxide rings is 1. The smallest absolute Gasteiger partial charge is 0.437 e. The van der Waals surface area contributed by atoms with Gasteiger partial charge in [0.25, 0.3) is 5.89 Å². The zero-order valence-corrected chi connectivity index (χ0v) is 11.6. The van der Waals surface area contributed by atoms with Crippen LogP contribution >= 0.6 is 11.6 Å². The van der Waals surface area contributed by atoms with Gasteiger partial charge in [0.15, 0.2) is 6.61 Å². The first-order valence-electron chi connectivity index (χ1n) is 6.13. The number of aromatic nitrogens is 2. The van der Waals surface area contributed by atoms with Crippen LogP contribution in [0.5, 0.6) is 5.75 Å². The molecule has 0 saturated carbocycles. The number of benzene rings is 1. The van der Waals surface area contributed by atoms with Crippen molar-refractivity contribution in [3.05, 3.63) is 45.7 Å². The molecule has 0 amide bonds. The van der Waals surface area contributed by atoms with E-state index in [0.29, 0.717) is 23.9 Å². The van der Waals surface area contributed by atoms with Gasteiger partial charge in [-0.3, -0.25) is 0 Å². The molecular formula is C13H13ClN2O4. The van der Waals surface area contributed by atoms with Gasteiger partial charge >= 0.3 is 5.76 Å². The van der Waals surface area contributed by atoms with Crippen LogP contribution in [-0.2, 0) is 17.9 Å². The molecule has 7 heteroatoms. The van der Waals surface area contributed by atoms with Crippen molar-refractivity contribution < 1.29 is 13.9 Å². The number of halogens is 1. The summed E-state index contributed by atoms with van der Waals surface area (Å²) in [6.07, 6.45) is 0. The van der Waals surface area contributed by atoms with Crippen molar-refractivity contribution in [2.24, 2.45) is 0 Å². The van der Waals surface area contributed by atoms with Gasteiger partial charge in [0, 0.05) is 5.02 Å². The highest BCUT2D eigenvalue weighted by Gasteiger charge is 2.40. The number of nitrogens with zero attached hydrogens (tertiary/aromatic N) is 2. The molecule has 0 radical (unpaired) electrons. The van der Waals surface area contributed by atoms with Crippen LogP contribution in [0.15, 0.2) is 33.5 Å². The maximum Gasteiger partial charge on any atom is 0.437 e. The predicted octanol–water partition coefficient (Wildman–Crippen LogP) is 1.86. The van der Waals surface area contributed by atoms with E-state index in [4.69, 9.17) is 25.5 Å². The normalized spacial score (nSPS) is 20.9. The van der Waals surface area contributed by atoms with Crippen LogP contribution in [0, 0.1) is 0 Å². The average Bonchev–Trinajstić information content (AvgIpc) is 3.04. The Morgan fingerprint density at radius 2 is 2.15 bits per heavy atom. The third kappa shape index (κ3) is 3.02. The maximum absolute atomic E-state index is 11.6. The van der Waals surface area contributed by atoms with E-state index >= 15 is 0 Å². The van der Waals surface area contributed by atoms with Crippen molar-refractivity contribution in [3.63, 3.8) is 0 Å². The van der Waals surface area contributed by atoms with Crippen LogP contribution in [0.2, 0.25) is 5.02 Å². The van der Waals surface area contributed by atoms with Gasteiger partial charge in [-0.05, 0) is 31.2 Å². The molecule has 1 saturated heterocycles. The van der Waals surface area contributed by atoms with Crippen LogP contribution in [0.25, 0.3) is 0 Å². The molecule has 1 unspecified atom stereocenters. The minimum absolute atomic E-state index is 0.0848. The molecule has 3 rings (SSSR count). The summed E-state index contributed by atoms with van der Waals surface area (Å²) in [4.78, 5) is 11.6. The molecule has 1 atom stereocenters. The van der Waals surface area contributed by atoms with E-state index in [1.165, 1.54) is 4.68 Å². The maximum atomic E-state index is 11.6. The Hall–Kier alpha value is -1.79. The van der Waals surface area contributed by atoms with Crippen molar-refractivity contribution in [2.45, 2.75) is 25.7 Å². The highest BCUT2D eigenvalue weighted by Crippen LogP contribution is 2.27. The second kappa shape index (κ2) is 4.96. The van der Waals surface area contributed by atoms with Gasteiger partial charge in [-0.1, -0.05) is 11.6 Å². The number of hydrogen-bond donors (Lipinski definition) is 0. The fourth-order valence-electron chi connectivity index (χ4n) is 1.71. The van der Waals surface area contributed by atoms with Gasteiger partial charge in [-0.25, -0.2) is 4.79 Å². The van der Waals surface area contributed by atoms with Crippen LogP contribution in [0.1, 0.15) is 12.8 Å². The largest absolute Gasteiger partial charge is 0.484 e. The van der Waals surface area contributed by atoms with E-state index in [9.17, 15) is 4.79 Å². The molecule has 2 heterocycles. The lowest BCUT2D eigenvalue weighted by Gasteiger charge is -2.03. The van der Waals surface area contributed by atoms with Gasteiger partial charge in [0.1, 0.15) is 11.4 Å². The Bertz CT molecular complexity index is 658. The summed E-state index contributed by atoms with van der Waals surface area (Å²) in [7, 11) is 0. The van der Waals surface area contributed by atoms with Gasteiger partial charge in [-0.15, -0.1) is 5.10 Å². The zero-order valence-electron chi connectivity index (χ0n) is 10.8. The lowest BCUT2D eigenvalue weighted by atomic mass is 10.2. The lowest BCUT2D eigenvalue weighted by Crippen LogP contribution is -2.24. The van der Waals surface area contributed by atoms with E-state index in [-0.39, 0.29) is 18.1 Å². The van der Waals surface area contributed by atoms with Gasteiger partial charge < -0.3 is 13.9 Å². The SMILES string of the molecule is CC1(Cn2nc(COc3ccc(Cl)cc3)oc2=O)CO1. The summed E-state index contributed by atoms with van der Waals surface area (Å²) < 4.78 is 17.0. The molecule has 106 valence electrons. The first-order chi connectivity index (χ1) is 9.54. The molecule has 2 aromatic rings. The lowest BCUT2D eigenvalue weighted by molar-refractivity contribution is 0.259. The molecular weight excluding hydrogens is 284 g/mol. The topological polar surface area (TPSA) is 69.8 Å². The molecule has 0 spiro atoms. The Balaban J connectivity index is 1.64. The number of rotatable bonds is 5. The summed E-state index contributed by atoms with van der Waals surface area (Å²) >= 11 is 5.78. The monoisotopic (exact) mass is 296 g/mol. The van der Waals surface area contributed by atoms with E-state index < -0.39 is 5.76 Å². The molecule has 0 aliphatic carbocycles. The Kier molecular flexibility index (Phi) is 3.27. The highest BCUT2D eigenvalue weighted by atomic mass is 35.5. The minimum Gasteiger partial charge on any atom is -0.484 e. The van der Waals surface area contributed by atoms with E-state index in [1.54, 1.807) is 24.3 Å². The summed E-state index contributed by atoms with van der Waals surface area (Å²) in [6, 6.07) is 6.90. The van der Waals surface area contributed by atoms with Crippen molar-refractivity contribution in [1.29, 1.82) is 0 Å². The fraction of sp³-hybridized carbons (Fsp3) is 0.385. The summed E-state index contributed by atoms with van der Waals surface area (Å²) in [5.74, 6) is 0.356. The number of hydrogen-bond acceptors (Lipinski definition) is 5. The standard InChI is InChI=1S/C13H13ClN2O4/c1-13(8-19-13)7-16-12(17)20-11(15-16)6-18-10-4-2-9(14)3-5-10/h2-5H,6-8H2,1H3. The molecule has 1 aromatic heterocycles. The van der Waals surface area contributed by atoms with E-state index in [1.807, 2.05) is 6.92 Å². The van der Waals surface area contributed by atoms with E-state index in [0.717, 1.165) is 0 Å². The Morgan fingerprint density at radius 1 is 1.45 bits per heavy atom. The zero-order chi connectivity index (χ0) is 14.2. The quantitative estimate of drug-likeness (QED) is 0.788. The number of ether oxygens (including phenoxy) is 2. The second-order valence-electron chi connectivity index (χ2n) is 4.90. The van der Waals surface area contributed by atoms with Crippen LogP contribution in [0.3, 0.4) is 0 Å². The van der Waals surface area contributed by atoms with Crippen LogP contribution in [-0.4, -0.2) is 22.0 Å². The van der Waals surface area contributed by atoms with Crippen LogP contribution in [0.4, 0.5) is 0 Å². The first-order valence-corrected chi connectivity index (χ1v) is 6.51. The van der Waals surface area contributed by atoms with Crippen molar-refractivity contribution in [1.82, 2.24) is 9.78 Å².